The van der Waals surface area contributed by atoms with E-state index in [9.17, 15) is 9.59 Å². The number of nitrogens with one attached hydrogen (secondary N) is 1. The summed E-state index contributed by atoms with van der Waals surface area (Å²) in [5.74, 6) is -0.390. The molecule has 5 nitrogen and oxygen atoms in total. The van der Waals surface area contributed by atoms with E-state index >= 15 is 0 Å². The summed E-state index contributed by atoms with van der Waals surface area (Å²) in [6.07, 6.45) is 0. The molecule has 0 bridgehead atoms. The topological polar surface area (TPSA) is 52.7 Å². The van der Waals surface area contributed by atoms with E-state index in [-0.39, 0.29) is 11.8 Å². The zero-order chi connectivity index (χ0) is 17.0. The Bertz CT molecular complexity index is 581. The molecule has 126 valence electrons. The predicted molar refractivity (Wildman–Crippen MR) is 95.2 cm³/mol. The number of amides is 2. The Balaban J connectivity index is 2.02. The molecule has 0 aromatic heterocycles. The lowest BCUT2D eigenvalue weighted by Gasteiger charge is -2.37. The van der Waals surface area contributed by atoms with Crippen molar-refractivity contribution in [3.63, 3.8) is 0 Å². The number of halogens is 1. The van der Waals surface area contributed by atoms with Gasteiger partial charge in [0.05, 0.1) is 0 Å². The van der Waals surface area contributed by atoms with Crippen molar-refractivity contribution in [2.45, 2.75) is 20.8 Å². The van der Waals surface area contributed by atoms with Crippen LogP contribution in [0.3, 0.4) is 0 Å². The van der Waals surface area contributed by atoms with E-state index in [0.29, 0.717) is 18.8 Å². The summed E-state index contributed by atoms with van der Waals surface area (Å²) in [5, 5.41) is 2.84. The van der Waals surface area contributed by atoms with Crippen LogP contribution in [0.4, 0.5) is 5.69 Å². The zero-order valence-corrected chi connectivity index (χ0v) is 15.5. The minimum Gasteiger partial charge on any atom is -0.339 e. The molecule has 1 heterocycles. The van der Waals surface area contributed by atoms with Crippen LogP contribution in [0.1, 0.15) is 20.8 Å². The van der Waals surface area contributed by atoms with Gasteiger partial charge in [-0.25, -0.2) is 0 Å². The molecule has 0 atom stereocenters. The van der Waals surface area contributed by atoms with Gasteiger partial charge in [-0.3, -0.25) is 9.59 Å². The maximum absolute atomic E-state index is 12.8. The molecule has 2 rings (SSSR count). The van der Waals surface area contributed by atoms with Crippen molar-refractivity contribution >= 4 is 33.4 Å². The average molecular weight is 382 g/mol. The number of hydrogen-bond donors (Lipinski definition) is 1. The van der Waals surface area contributed by atoms with Crippen LogP contribution in [0, 0.1) is 5.41 Å². The molecular formula is C17H24BrN3O2. The Morgan fingerprint density at radius 1 is 1.22 bits per heavy atom. The van der Waals surface area contributed by atoms with E-state index in [2.05, 4.69) is 33.1 Å². The second-order valence-electron chi connectivity index (χ2n) is 6.32. The number of rotatable bonds is 4. The molecule has 0 saturated carbocycles. The molecule has 0 unspecified atom stereocenters. The summed E-state index contributed by atoms with van der Waals surface area (Å²) < 4.78 is 0.884. The van der Waals surface area contributed by atoms with Gasteiger partial charge in [-0.15, -0.1) is 0 Å². The zero-order valence-electron chi connectivity index (χ0n) is 13.9. The fraction of sp³-hybridized carbons (Fsp3) is 0.529. The average Bonchev–Trinajstić information content (AvgIpc) is 2.54. The molecule has 23 heavy (non-hydrogen) atoms. The largest absolute Gasteiger partial charge is 0.339 e. The lowest BCUT2D eigenvalue weighted by atomic mass is 9.89. The van der Waals surface area contributed by atoms with Crippen molar-refractivity contribution < 1.29 is 9.59 Å². The molecule has 6 heteroatoms. The molecule has 1 N–H and O–H groups in total. The number of anilines is 1. The van der Waals surface area contributed by atoms with Gasteiger partial charge < -0.3 is 15.1 Å². The molecule has 1 aliphatic heterocycles. The lowest BCUT2D eigenvalue weighted by molar-refractivity contribution is -0.147. The molecule has 1 aliphatic rings. The standard InChI is InChI=1S/C17H24BrN3O2/c1-4-20-8-10-21(11-9-20)16(23)17(2,3)15(22)19-14-7-5-6-13(18)12-14/h5-7,12H,4,8-11H2,1-3H3,(H,19,22). The van der Waals surface area contributed by atoms with Gasteiger partial charge >= 0.3 is 0 Å². The van der Waals surface area contributed by atoms with Crippen LogP contribution in [0.25, 0.3) is 0 Å². The minimum absolute atomic E-state index is 0.110. The van der Waals surface area contributed by atoms with Crippen molar-refractivity contribution in [3.05, 3.63) is 28.7 Å². The third-order valence-corrected chi connectivity index (χ3v) is 4.78. The highest BCUT2D eigenvalue weighted by molar-refractivity contribution is 9.10. The van der Waals surface area contributed by atoms with Crippen LogP contribution in [0.15, 0.2) is 28.7 Å². The number of piperazine rings is 1. The second kappa shape index (κ2) is 7.45. The highest BCUT2D eigenvalue weighted by atomic mass is 79.9. The lowest BCUT2D eigenvalue weighted by Crippen LogP contribution is -2.54. The smallest absolute Gasteiger partial charge is 0.239 e. The Kier molecular flexibility index (Phi) is 5.81. The summed E-state index contributed by atoms with van der Waals surface area (Å²) in [5.41, 5.74) is -0.405. The molecule has 1 fully saturated rings. The number of likely N-dealkylation sites (N-methyl/N-ethyl adjacent to an activating group) is 1. The fourth-order valence-electron chi connectivity index (χ4n) is 2.61. The second-order valence-corrected chi connectivity index (χ2v) is 7.23. The van der Waals surface area contributed by atoms with Crippen LogP contribution in [-0.2, 0) is 9.59 Å². The first-order chi connectivity index (χ1) is 10.8. The maximum atomic E-state index is 12.8. The van der Waals surface area contributed by atoms with Gasteiger partial charge in [-0.05, 0) is 38.6 Å². The Morgan fingerprint density at radius 2 is 1.87 bits per heavy atom. The van der Waals surface area contributed by atoms with E-state index < -0.39 is 5.41 Å². The number of benzene rings is 1. The number of hydrogen-bond acceptors (Lipinski definition) is 3. The van der Waals surface area contributed by atoms with Gasteiger partial charge in [-0.1, -0.05) is 28.9 Å². The van der Waals surface area contributed by atoms with Crippen molar-refractivity contribution in [2.24, 2.45) is 5.41 Å². The highest BCUT2D eigenvalue weighted by Crippen LogP contribution is 2.24. The van der Waals surface area contributed by atoms with E-state index in [1.54, 1.807) is 18.7 Å². The van der Waals surface area contributed by atoms with Gasteiger partial charge in [0.25, 0.3) is 0 Å². The van der Waals surface area contributed by atoms with Crippen molar-refractivity contribution in [3.8, 4) is 0 Å². The molecule has 1 saturated heterocycles. The maximum Gasteiger partial charge on any atom is 0.239 e. The summed E-state index contributed by atoms with van der Waals surface area (Å²) in [7, 11) is 0. The quantitative estimate of drug-likeness (QED) is 0.815. The predicted octanol–water partition coefficient (Wildman–Crippen LogP) is 2.58. The van der Waals surface area contributed by atoms with Crippen molar-refractivity contribution in [1.29, 1.82) is 0 Å². The van der Waals surface area contributed by atoms with Gasteiger partial charge in [0.2, 0.25) is 11.8 Å². The minimum atomic E-state index is -1.09. The number of carbonyl (C=O) groups excluding carboxylic acids is 2. The number of carbonyl (C=O) groups is 2. The van der Waals surface area contributed by atoms with Gasteiger partial charge in [0.15, 0.2) is 0 Å². The van der Waals surface area contributed by atoms with E-state index in [1.807, 2.05) is 24.3 Å². The van der Waals surface area contributed by atoms with Crippen molar-refractivity contribution in [1.82, 2.24) is 9.80 Å². The molecule has 0 aliphatic carbocycles. The summed E-state index contributed by atoms with van der Waals surface area (Å²) in [4.78, 5) is 29.4. The first-order valence-electron chi connectivity index (χ1n) is 7.93. The van der Waals surface area contributed by atoms with Gasteiger partial charge in [0, 0.05) is 36.3 Å². The Labute approximate surface area is 146 Å². The highest BCUT2D eigenvalue weighted by Gasteiger charge is 2.40. The Hall–Kier alpha value is -1.40. The molecule has 0 radical (unpaired) electrons. The SMILES string of the molecule is CCN1CCN(C(=O)C(C)(C)C(=O)Nc2cccc(Br)c2)CC1. The van der Waals surface area contributed by atoms with E-state index in [1.165, 1.54) is 0 Å². The first-order valence-corrected chi connectivity index (χ1v) is 8.72. The molecule has 1 aromatic carbocycles. The summed E-state index contributed by atoms with van der Waals surface area (Å²) in [6, 6.07) is 7.36. The molecule has 0 spiro atoms. The molecular weight excluding hydrogens is 358 g/mol. The summed E-state index contributed by atoms with van der Waals surface area (Å²) in [6.45, 7) is 9.59. The monoisotopic (exact) mass is 381 g/mol. The van der Waals surface area contributed by atoms with Crippen LogP contribution in [0.5, 0.6) is 0 Å². The van der Waals surface area contributed by atoms with Gasteiger partial charge in [0.1, 0.15) is 5.41 Å². The van der Waals surface area contributed by atoms with E-state index in [4.69, 9.17) is 0 Å². The van der Waals surface area contributed by atoms with Crippen molar-refractivity contribution in [2.75, 3.05) is 38.0 Å². The van der Waals surface area contributed by atoms with Gasteiger partial charge in [-0.2, -0.15) is 0 Å². The van der Waals surface area contributed by atoms with Crippen LogP contribution in [0.2, 0.25) is 0 Å². The first kappa shape index (κ1) is 17.9. The third-order valence-electron chi connectivity index (χ3n) is 4.29. The Morgan fingerprint density at radius 3 is 2.43 bits per heavy atom. The number of nitrogens with zero attached hydrogens (tertiary/aromatic N) is 2. The third kappa shape index (κ3) is 4.32. The molecule has 1 aromatic rings. The molecule has 2 amide bonds. The normalized spacial score (nSPS) is 16.3. The van der Waals surface area contributed by atoms with Crippen LogP contribution < -0.4 is 5.32 Å². The summed E-state index contributed by atoms with van der Waals surface area (Å²) >= 11 is 3.38. The van der Waals surface area contributed by atoms with Crippen LogP contribution in [-0.4, -0.2) is 54.3 Å². The van der Waals surface area contributed by atoms with E-state index in [0.717, 1.165) is 24.1 Å². The van der Waals surface area contributed by atoms with Crippen LogP contribution >= 0.6 is 15.9 Å². The fourth-order valence-corrected chi connectivity index (χ4v) is 3.01.